The van der Waals surface area contributed by atoms with Gasteiger partial charge in [0.05, 0.1) is 16.4 Å². The van der Waals surface area contributed by atoms with Crippen LogP contribution in [0.2, 0.25) is 0 Å². The molecule has 1 N–H and O–H groups in total. The van der Waals surface area contributed by atoms with Crippen LogP contribution in [-0.2, 0) is 0 Å². The largest absolute Gasteiger partial charge is 0.454 e. The van der Waals surface area contributed by atoms with Gasteiger partial charge in [0.15, 0.2) is 5.58 Å². The van der Waals surface area contributed by atoms with Gasteiger partial charge in [0, 0.05) is 17.8 Å². The molecule has 0 amide bonds. The molecule has 3 aromatic heterocycles. The summed E-state index contributed by atoms with van der Waals surface area (Å²) in [4.78, 5) is 7.49. The fourth-order valence-electron chi connectivity index (χ4n) is 2.18. The summed E-state index contributed by atoms with van der Waals surface area (Å²) in [6, 6.07) is 9.99. The molecule has 4 aromatic rings. The summed E-state index contributed by atoms with van der Waals surface area (Å²) in [7, 11) is 0. The van der Waals surface area contributed by atoms with Crippen LogP contribution in [0.1, 0.15) is 0 Å². The minimum absolute atomic E-state index is 0.893. The van der Waals surface area contributed by atoms with E-state index in [-0.39, 0.29) is 0 Å². The number of H-pyrrole nitrogens is 1. The summed E-state index contributed by atoms with van der Waals surface area (Å²) >= 11 is 0. The maximum Gasteiger partial charge on any atom is 0.162 e. The van der Waals surface area contributed by atoms with Gasteiger partial charge in [-0.15, -0.1) is 0 Å². The summed E-state index contributed by atoms with van der Waals surface area (Å²) in [6.07, 6.45) is 3.61. The SMILES string of the molecule is c1ccc2c(c1)oc1c3cnccc3[nH]c21. The van der Waals surface area contributed by atoms with Crippen molar-refractivity contribution in [2.45, 2.75) is 0 Å². The van der Waals surface area contributed by atoms with Crippen molar-refractivity contribution >= 4 is 33.0 Å². The molecule has 3 nitrogen and oxygen atoms in total. The van der Waals surface area contributed by atoms with Gasteiger partial charge >= 0.3 is 0 Å². The van der Waals surface area contributed by atoms with Crippen molar-refractivity contribution < 1.29 is 4.42 Å². The smallest absolute Gasteiger partial charge is 0.162 e. The van der Waals surface area contributed by atoms with Crippen molar-refractivity contribution in [1.82, 2.24) is 9.97 Å². The Morgan fingerprint density at radius 3 is 3.00 bits per heavy atom. The zero-order chi connectivity index (χ0) is 10.5. The molecule has 0 aliphatic carbocycles. The molecular weight excluding hydrogens is 200 g/mol. The number of furan rings is 1. The van der Waals surface area contributed by atoms with E-state index in [1.165, 1.54) is 0 Å². The first-order valence-corrected chi connectivity index (χ1v) is 5.16. The number of rotatable bonds is 0. The maximum atomic E-state index is 5.83. The lowest BCUT2D eigenvalue weighted by molar-refractivity contribution is 0.673. The summed E-state index contributed by atoms with van der Waals surface area (Å²) in [5, 5.41) is 2.16. The van der Waals surface area contributed by atoms with Crippen LogP contribution in [0.3, 0.4) is 0 Å². The van der Waals surface area contributed by atoms with Crippen LogP contribution < -0.4 is 0 Å². The van der Waals surface area contributed by atoms with E-state index in [0.717, 1.165) is 33.0 Å². The van der Waals surface area contributed by atoms with Crippen LogP contribution in [-0.4, -0.2) is 9.97 Å². The van der Waals surface area contributed by atoms with Crippen molar-refractivity contribution in [3.05, 3.63) is 42.7 Å². The maximum absolute atomic E-state index is 5.83. The Kier molecular flexibility index (Phi) is 1.31. The van der Waals surface area contributed by atoms with E-state index in [0.29, 0.717) is 0 Å². The Morgan fingerprint density at radius 2 is 2.00 bits per heavy atom. The Bertz CT molecular complexity index is 741. The molecule has 3 heterocycles. The van der Waals surface area contributed by atoms with Gasteiger partial charge in [-0.3, -0.25) is 4.98 Å². The van der Waals surface area contributed by atoms with Crippen LogP contribution in [0.4, 0.5) is 0 Å². The third-order valence-corrected chi connectivity index (χ3v) is 2.92. The molecule has 0 bridgehead atoms. The zero-order valence-electron chi connectivity index (χ0n) is 8.40. The molecule has 76 valence electrons. The summed E-state index contributed by atoms with van der Waals surface area (Å²) in [5.74, 6) is 0. The first-order chi connectivity index (χ1) is 7.93. The van der Waals surface area contributed by atoms with Crippen LogP contribution in [0, 0.1) is 0 Å². The number of benzene rings is 1. The fraction of sp³-hybridized carbons (Fsp3) is 0. The monoisotopic (exact) mass is 208 g/mol. The lowest BCUT2D eigenvalue weighted by atomic mass is 10.2. The zero-order valence-corrected chi connectivity index (χ0v) is 8.40. The summed E-state index contributed by atoms with van der Waals surface area (Å²) in [5.41, 5.74) is 3.92. The van der Waals surface area contributed by atoms with Crippen molar-refractivity contribution in [3.8, 4) is 0 Å². The molecule has 4 rings (SSSR count). The molecule has 0 aliphatic heterocycles. The second kappa shape index (κ2) is 2.64. The number of para-hydroxylation sites is 1. The molecule has 0 saturated heterocycles. The van der Waals surface area contributed by atoms with Crippen molar-refractivity contribution in [2.75, 3.05) is 0 Å². The second-order valence-corrected chi connectivity index (χ2v) is 3.85. The van der Waals surface area contributed by atoms with E-state index in [9.17, 15) is 0 Å². The third kappa shape index (κ3) is 0.852. The quantitative estimate of drug-likeness (QED) is 0.480. The highest BCUT2D eigenvalue weighted by Gasteiger charge is 2.11. The highest BCUT2D eigenvalue weighted by atomic mass is 16.3. The Balaban J connectivity index is 2.35. The lowest BCUT2D eigenvalue weighted by Crippen LogP contribution is -1.70. The number of hydrogen-bond donors (Lipinski definition) is 1. The molecule has 3 heteroatoms. The van der Waals surface area contributed by atoms with E-state index in [1.54, 1.807) is 6.20 Å². The highest BCUT2D eigenvalue weighted by Crippen LogP contribution is 2.32. The minimum atomic E-state index is 0.893. The number of pyridine rings is 1. The number of aromatic nitrogens is 2. The van der Waals surface area contributed by atoms with Crippen LogP contribution in [0.5, 0.6) is 0 Å². The van der Waals surface area contributed by atoms with E-state index >= 15 is 0 Å². The predicted molar refractivity (Wildman–Crippen MR) is 63.4 cm³/mol. The van der Waals surface area contributed by atoms with Gasteiger partial charge < -0.3 is 9.40 Å². The van der Waals surface area contributed by atoms with Gasteiger partial charge in [-0.2, -0.15) is 0 Å². The van der Waals surface area contributed by atoms with Gasteiger partial charge in [-0.25, -0.2) is 0 Å². The van der Waals surface area contributed by atoms with Gasteiger partial charge in [0.25, 0.3) is 0 Å². The Morgan fingerprint density at radius 1 is 1.06 bits per heavy atom. The van der Waals surface area contributed by atoms with Crippen LogP contribution >= 0.6 is 0 Å². The topological polar surface area (TPSA) is 41.8 Å². The molecule has 0 spiro atoms. The van der Waals surface area contributed by atoms with Crippen LogP contribution in [0.15, 0.2) is 47.1 Å². The van der Waals surface area contributed by atoms with E-state index in [4.69, 9.17) is 4.42 Å². The van der Waals surface area contributed by atoms with Gasteiger partial charge in [-0.1, -0.05) is 12.1 Å². The average molecular weight is 208 g/mol. The number of nitrogens with zero attached hydrogens (tertiary/aromatic N) is 1. The molecule has 0 radical (unpaired) electrons. The van der Waals surface area contributed by atoms with E-state index < -0.39 is 0 Å². The fourth-order valence-corrected chi connectivity index (χ4v) is 2.18. The van der Waals surface area contributed by atoms with E-state index in [1.807, 2.05) is 30.5 Å². The molecule has 1 aromatic carbocycles. The molecule has 0 saturated carbocycles. The minimum Gasteiger partial charge on any atom is -0.454 e. The Hall–Kier alpha value is -2.29. The number of aromatic amines is 1. The van der Waals surface area contributed by atoms with Crippen molar-refractivity contribution in [2.24, 2.45) is 0 Å². The predicted octanol–water partition coefficient (Wildman–Crippen LogP) is 3.46. The normalized spacial score (nSPS) is 11.8. The van der Waals surface area contributed by atoms with E-state index in [2.05, 4.69) is 16.0 Å². The Labute approximate surface area is 90.7 Å². The molecule has 0 fully saturated rings. The molecule has 0 unspecified atom stereocenters. The molecule has 16 heavy (non-hydrogen) atoms. The number of hydrogen-bond acceptors (Lipinski definition) is 2. The standard InChI is InChI=1S/C13H8N2O/c1-2-4-11-8(3-1)12-13(16-11)9-7-14-6-5-10(9)15-12/h1-7,15H. The highest BCUT2D eigenvalue weighted by molar-refractivity contribution is 6.14. The number of nitrogens with one attached hydrogen (secondary N) is 1. The van der Waals surface area contributed by atoms with Gasteiger partial charge in [0.1, 0.15) is 5.58 Å². The van der Waals surface area contributed by atoms with Crippen molar-refractivity contribution in [3.63, 3.8) is 0 Å². The second-order valence-electron chi connectivity index (χ2n) is 3.85. The molecular formula is C13H8N2O. The first-order valence-electron chi connectivity index (χ1n) is 5.16. The van der Waals surface area contributed by atoms with Gasteiger partial charge in [0.2, 0.25) is 0 Å². The summed E-state index contributed by atoms with van der Waals surface area (Å²) < 4.78 is 5.83. The van der Waals surface area contributed by atoms with Gasteiger partial charge in [-0.05, 0) is 18.2 Å². The van der Waals surface area contributed by atoms with Crippen LogP contribution in [0.25, 0.3) is 33.0 Å². The van der Waals surface area contributed by atoms with Crippen molar-refractivity contribution in [1.29, 1.82) is 0 Å². The number of fused-ring (bicyclic) bond motifs is 5. The average Bonchev–Trinajstić information content (AvgIpc) is 2.85. The first kappa shape index (κ1) is 7.93. The lowest BCUT2D eigenvalue weighted by Gasteiger charge is -1.88. The molecule has 0 aliphatic rings. The third-order valence-electron chi connectivity index (χ3n) is 2.92. The summed E-state index contributed by atoms with van der Waals surface area (Å²) in [6.45, 7) is 0. The molecule has 0 atom stereocenters.